The Morgan fingerprint density at radius 2 is 2.30 bits per heavy atom. The number of hydrogen-bond donors (Lipinski definition) is 1. The van der Waals surface area contributed by atoms with Crippen LogP contribution in [0.2, 0.25) is 0 Å². The minimum absolute atomic E-state index is 0.0180. The summed E-state index contributed by atoms with van der Waals surface area (Å²) in [5.74, 6) is 0.683. The highest BCUT2D eigenvalue weighted by atomic mass is 16.1. The second kappa shape index (κ2) is 1.97. The van der Waals surface area contributed by atoms with Crippen LogP contribution < -0.4 is 5.56 Å². The van der Waals surface area contributed by atoms with E-state index in [9.17, 15) is 4.79 Å². The van der Waals surface area contributed by atoms with Gasteiger partial charge in [-0.3, -0.25) is 4.79 Å². The lowest BCUT2D eigenvalue weighted by Gasteiger charge is -1.92. The van der Waals surface area contributed by atoms with Crippen LogP contribution in [0.5, 0.6) is 0 Å². The first kappa shape index (κ1) is 5.71. The Hall–Kier alpha value is -1.05. The summed E-state index contributed by atoms with van der Waals surface area (Å²) in [5.41, 5.74) is 1.22. The average Bonchev–Trinajstić information content (AvgIpc) is 2.68. The molecule has 0 saturated heterocycles. The second-order valence-corrected chi connectivity index (χ2v) is 2.76. The maximum atomic E-state index is 10.8. The first-order valence-corrected chi connectivity index (χ1v) is 3.55. The van der Waals surface area contributed by atoms with Crippen molar-refractivity contribution in [1.82, 2.24) is 4.98 Å². The van der Waals surface area contributed by atoms with E-state index in [1.54, 1.807) is 12.3 Å². The van der Waals surface area contributed by atoms with Gasteiger partial charge in [0, 0.05) is 12.3 Å². The molecule has 1 aliphatic carbocycles. The largest absolute Gasteiger partial charge is 0.329 e. The first-order chi connectivity index (χ1) is 4.86. The van der Waals surface area contributed by atoms with E-state index in [-0.39, 0.29) is 5.56 Å². The molecule has 1 aromatic heterocycles. The van der Waals surface area contributed by atoms with Gasteiger partial charge in [-0.05, 0) is 30.4 Å². The number of hydrogen-bond acceptors (Lipinski definition) is 1. The van der Waals surface area contributed by atoms with Crippen molar-refractivity contribution >= 4 is 0 Å². The smallest absolute Gasteiger partial charge is 0.248 e. The van der Waals surface area contributed by atoms with E-state index in [1.807, 2.05) is 6.07 Å². The zero-order chi connectivity index (χ0) is 6.97. The molecule has 2 heteroatoms. The Morgan fingerprint density at radius 1 is 1.50 bits per heavy atom. The van der Waals surface area contributed by atoms with Gasteiger partial charge in [0.2, 0.25) is 5.56 Å². The first-order valence-electron chi connectivity index (χ1n) is 3.55. The molecule has 0 spiro atoms. The summed E-state index contributed by atoms with van der Waals surface area (Å²) in [4.78, 5) is 13.4. The number of pyridine rings is 1. The van der Waals surface area contributed by atoms with E-state index in [0.29, 0.717) is 5.92 Å². The van der Waals surface area contributed by atoms with Crippen LogP contribution in [-0.4, -0.2) is 4.98 Å². The van der Waals surface area contributed by atoms with Crippen LogP contribution in [0.15, 0.2) is 23.1 Å². The van der Waals surface area contributed by atoms with E-state index < -0.39 is 0 Å². The zero-order valence-electron chi connectivity index (χ0n) is 5.63. The molecule has 10 heavy (non-hydrogen) atoms. The van der Waals surface area contributed by atoms with Gasteiger partial charge in [0.15, 0.2) is 0 Å². The van der Waals surface area contributed by atoms with Crippen molar-refractivity contribution in [2.24, 2.45) is 0 Å². The summed E-state index contributed by atoms with van der Waals surface area (Å²) < 4.78 is 0. The molecule has 0 bridgehead atoms. The van der Waals surface area contributed by atoms with E-state index in [1.165, 1.54) is 18.4 Å². The van der Waals surface area contributed by atoms with Crippen molar-refractivity contribution in [1.29, 1.82) is 0 Å². The number of aromatic amines is 1. The Morgan fingerprint density at radius 3 is 2.90 bits per heavy atom. The highest BCUT2D eigenvalue weighted by molar-refractivity contribution is 5.20. The number of aromatic nitrogens is 1. The third-order valence-electron chi connectivity index (χ3n) is 1.85. The minimum atomic E-state index is 0.0180. The summed E-state index contributed by atoms with van der Waals surface area (Å²) >= 11 is 0. The van der Waals surface area contributed by atoms with Crippen LogP contribution in [0.1, 0.15) is 24.3 Å². The summed E-state index contributed by atoms with van der Waals surface area (Å²) in [6.45, 7) is 0. The van der Waals surface area contributed by atoms with Crippen LogP contribution in [0.3, 0.4) is 0 Å². The van der Waals surface area contributed by atoms with E-state index in [2.05, 4.69) is 4.98 Å². The van der Waals surface area contributed by atoms with Gasteiger partial charge < -0.3 is 4.98 Å². The maximum absolute atomic E-state index is 10.8. The molecule has 1 fully saturated rings. The quantitative estimate of drug-likeness (QED) is 0.617. The molecule has 0 amide bonds. The van der Waals surface area contributed by atoms with Gasteiger partial charge in [-0.1, -0.05) is 0 Å². The molecular weight excluding hydrogens is 126 g/mol. The summed E-state index contributed by atoms with van der Waals surface area (Å²) in [6.07, 6.45) is 4.23. The standard InChI is InChI=1S/C8H9NO/c10-8-5-7(3-4-9-8)6-1-2-6/h3-6H,1-2H2,(H,9,10). The summed E-state index contributed by atoms with van der Waals surface area (Å²) in [6, 6.07) is 3.68. The normalized spacial score (nSPS) is 17.2. The van der Waals surface area contributed by atoms with Gasteiger partial charge in [-0.25, -0.2) is 0 Å². The Balaban J connectivity index is 2.41. The molecule has 52 valence electrons. The molecular formula is C8H9NO. The molecule has 0 unspecified atom stereocenters. The van der Waals surface area contributed by atoms with Crippen LogP contribution in [0.25, 0.3) is 0 Å². The average molecular weight is 135 g/mol. The van der Waals surface area contributed by atoms with E-state index >= 15 is 0 Å². The van der Waals surface area contributed by atoms with Crippen LogP contribution >= 0.6 is 0 Å². The van der Waals surface area contributed by atoms with Gasteiger partial charge in [-0.15, -0.1) is 0 Å². The fourth-order valence-electron chi connectivity index (χ4n) is 1.13. The second-order valence-electron chi connectivity index (χ2n) is 2.76. The van der Waals surface area contributed by atoms with E-state index in [0.717, 1.165) is 0 Å². The predicted molar refractivity (Wildman–Crippen MR) is 39.0 cm³/mol. The topological polar surface area (TPSA) is 32.9 Å². The summed E-state index contributed by atoms with van der Waals surface area (Å²) in [7, 11) is 0. The Kier molecular flexibility index (Phi) is 1.13. The molecule has 1 saturated carbocycles. The molecule has 2 rings (SSSR count). The number of rotatable bonds is 1. The Labute approximate surface area is 58.9 Å². The van der Waals surface area contributed by atoms with Gasteiger partial charge in [0.05, 0.1) is 0 Å². The molecule has 0 atom stereocenters. The lowest BCUT2D eigenvalue weighted by molar-refractivity contribution is 1.09. The van der Waals surface area contributed by atoms with Crippen molar-refractivity contribution in [3.63, 3.8) is 0 Å². The van der Waals surface area contributed by atoms with Crippen molar-refractivity contribution in [3.8, 4) is 0 Å². The van der Waals surface area contributed by atoms with Crippen molar-refractivity contribution in [2.75, 3.05) is 0 Å². The van der Waals surface area contributed by atoms with Gasteiger partial charge in [-0.2, -0.15) is 0 Å². The fraction of sp³-hybridized carbons (Fsp3) is 0.375. The lowest BCUT2D eigenvalue weighted by Crippen LogP contribution is -2.02. The highest BCUT2D eigenvalue weighted by Crippen LogP contribution is 2.38. The fourth-order valence-corrected chi connectivity index (χ4v) is 1.13. The van der Waals surface area contributed by atoms with Crippen molar-refractivity contribution < 1.29 is 0 Å². The predicted octanol–water partition coefficient (Wildman–Crippen LogP) is 1.25. The van der Waals surface area contributed by atoms with Gasteiger partial charge in [0.25, 0.3) is 0 Å². The zero-order valence-corrected chi connectivity index (χ0v) is 5.63. The SMILES string of the molecule is O=c1cc(C2CC2)cc[nH]1. The molecule has 0 radical (unpaired) electrons. The molecule has 1 aromatic rings. The van der Waals surface area contributed by atoms with Gasteiger partial charge in [0.1, 0.15) is 0 Å². The Bertz CT molecular complexity index is 285. The molecule has 0 aromatic carbocycles. The van der Waals surface area contributed by atoms with Crippen molar-refractivity contribution in [3.05, 3.63) is 34.2 Å². The number of H-pyrrole nitrogens is 1. The van der Waals surface area contributed by atoms with E-state index in [4.69, 9.17) is 0 Å². The third-order valence-corrected chi connectivity index (χ3v) is 1.85. The summed E-state index contributed by atoms with van der Waals surface area (Å²) in [5, 5.41) is 0. The monoisotopic (exact) mass is 135 g/mol. The van der Waals surface area contributed by atoms with Crippen molar-refractivity contribution in [2.45, 2.75) is 18.8 Å². The molecule has 1 heterocycles. The van der Waals surface area contributed by atoms with Gasteiger partial charge >= 0.3 is 0 Å². The molecule has 1 N–H and O–H groups in total. The minimum Gasteiger partial charge on any atom is -0.329 e. The third kappa shape index (κ3) is 0.967. The van der Waals surface area contributed by atoms with Crippen LogP contribution in [0, 0.1) is 0 Å². The molecule has 1 aliphatic rings. The van der Waals surface area contributed by atoms with Crippen LogP contribution in [-0.2, 0) is 0 Å². The maximum Gasteiger partial charge on any atom is 0.248 e. The molecule has 0 aliphatic heterocycles. The lowest BCUT2D eigenvalue weighted by atomic mass is 10.2. The highest BCUT2D eigenvalue weighted by Gasteiger charge is 2.23. The number of nitrogens with one attached hydrogen (secondary N) is 1. The molecule has 2 nitrogen and oxygen atoms in total. The van der Waals surface area contributed by atoms with Crippen LogP contribution in [0.4, 0.5) is 0 Å².